The highest BCUT2D eigenvalue weighted by Gasteiger charge is 2.10. The first-order chi connectivity index (χ1) is 12.2. The van der Waals surface area contributed by atoms with E-state index in [1.165, 1.54) is 4.88 Å². The maximum atomic E-state index is 12.2. The predicted molar refractivity (Wildman–Crippen MR) is 103 cm³/mol. The molecule has 3 heterocycles. The van der Waals surface area contributed by atoms with Crippen LogP contribution in [0, 0.1) is 0 Å². The normalized spacial score (nSPS) is 11.4. The molecule has 0 aliphatic heterocycles. The van der Waals surface area contributed by atoms with Crippen LogP contribution in [0.1, 0.15) is 11.5 Å². The molecule has 3 aromatic heterocycles. The lowest BCUT2D eigenvalue weighted by molar-refractivity contribution is 0.307. The van der Waals surface area contributed by atoms with Crippen LogP contribution in [0.25, 0.3) is 20.8 Å². The lowest BCUT2D eigenvalue weighted by Gasteiger charge is -2.14. The van der Waals surface area contributed by atoms with E-state index in [1.807, 2.05) is 31.3 Å². The van der Waals surface area contributed by atoms with Gasteiger partial charge in [0, 0.05) is 11.9 Å². The van der Waals surface area contributed by atoms with Gasteiger partial charge in [-0.1, -0.05) is 18.2 Å². The molecule has 0 bridgehead atoms. The molecule has 0 radical (unpaired) electrons. The van der Waals surface area contributed by atoms with Crippen molar-refractivity contribution in [1.82, 2.24) is 19.9 Å². The van der Waals surface area contributed by atoms with Crippen LogP contribution >= 0.6 is 22.7 Å². The van der Waals surface area contributed by atoms with Crippen LogP contribution in [0.5, 0.6) is 0 Å². The Balaban J connectivity index is 1.49. The second-order valence-corrected chi connectivity index (χ2v) is 7.63. The average Bonchev–Trinajstić information content (AvgIpc) is 3.26. The summed E-state index contributed by atoms with van der Waals surface area (Å²) in [5, 5.41) is 5.82. The van der Waals surface area contributed by atoms with Crippen LogP contribution in [0.15, 0.2) is 52.0 Å². The molecular formula is C18H16N4OS2. The van der Waals surface area contributed by atoms with E-state index in [4.69, 9.17) is 4.98 Å². The van der Waals surface area contributed by atoms with Crippen molar-refractivity contribution in [3.05, 3.63) is 69.0 Å². The number of aromatic amines is 1. The molecule has 0 saturated carbocycles. The molecule has 0 fully saturated rings. The summed E-state index contributed by atoms with van der Waals surface area (Å²) in [6.07, 6.45) is 0. The monoisotopic (exact) mass is 368 g/mol. The van der Waals surface area contributed by atoms with Gasteiger partial charge in [-0.25, -0.2) is 9.97 Å². The first-order valence-corrected chi connectivity index (χ1v) is 9.60. The molecule has 0 aliphatic carbocycles. The molecule has 1 aromatic carbocycles. The fraction of sp³-hybridized carbons (Fsp3) is 0.167. The van der Waals surface area contributed by atoms with E-state index >= 15 is 0 Å². The number of hydrogen-bond donors (Lipinski definition) is 1. The summed E-state index contributed by atoms with van der Waals surface area (Å²) in [7, 11) is 2.00. The lowest BCUT2D eigenvalue weighted by atomic mass is 10.2. The Hall–Kier alpha value is -2.35. The molecule has 25 heavy (non-hydrogen) atoms. The number of H-pyrrole nitrogens is 1. The van der Waals surface area contributed by atoms with Crippen molar-refractivity contribution in [1.29, 1.82) is 0 Å². The second kappa shape index (κ2) is 6.87. The van der Waals surface area contributed by atoms with Gasteiger partial charge in [0.05, 0.1) is 28.0 Å². The topological polar surface area (TPSA) is 61.9 Å². The summed E-state index contributed by atoms with van der Waals surface area (Å²) in [6, 6.07) is 11.5. The summed E-state index contributed by atoms with van der Waals surface area (Å²) in [6.45, 7) is 1.27. The summed E-state index contributed by atoms with van der Waals surface area (Å²) < 4.78 is 0. The van der Waals surface area contributed by atoms with Crippen LogP contribution in [0.4, 0.5) is 0 Å². The van der Waals surface area contributed by atoms with Gasteiger partial charge in [0.25, 0.3) is 5.56 Å². The highest BCUT2D eigenvalue weighted by atomic mass is 32.1. The molecule has 7 heteroatoms. The van der Waals surface area contributed by atoms with E-state index in [0.717, 1.165) is 16.2 Å². The number of nitrogens with one attached hydrogen (secondary N) is 1. The molecule has 0 unspecified atom stereocenters. The molecule has 1 N–H and O–H groups in total. The van der Waals surface area contributed by atoms with Gasteiger partial charge in [-0.05, 0) is 30.6 Å². The number of benzene rings is 1. The maximum absolute atomic E-state index is 12.2. The van der Waals surface area contributed by atoms with Gasteiger partial charge >= 0.3 is 0 Å². The Morgan fingerprint density at radius 2 is 1.96 bits per heavy atom. The van der Waals surface area contributed by atoms with Crippen LogP contribution in [-0.4, -0.2) is 26.9 Å². The Bertz CT molecular complexity index is 1050. The zero-order valence-electron chi connectivity index (χ0n) is 13.6. The molecule has 126 valence electrons. The van der Waals surface area contributed by atoms with Crippen LogP contribution in [0.2, 0.25) is 0 Å². The molecule has 4 aromatic rings. The van der Waals surface area contributed by atoms with E-state index in [9.17, 15) is 4.79 Å². The molecule has 0 amide bonds. The summed E-state index contributed by atoms with van der Waals surface area (Å²) >= 11 is 3.36. The van der Waals surface area contributed by atoms with Gasteiger partial charge in [-0.2, -0.15) is 0 Å². The second-order valence-electron chi connectivity index (χ2n) is 5.82. The molecular weight excluding hydrogens is 352 g/mol. The van der Waals surface area contributed by atoms with Crippen molar-refractivity contribution in [2.24, 2.45) is 0 Å². The Morgan fingerprint density at radius 3 is 2.80 bits per heavy atom. The molecule has 4 rings (SSSR count). The SMILES string of the molecule is CN(Cc1csc(-c2cccs2)n1)Cc1nc2ccccc2c(=O)[nH]1. The Labute approximate surface area is 152 Å². The number of thiophene rings is 1. The molecule has 0 atom stereocenters. The van der Waals surface area contributed by atoms with Crippen molar-refractivity contribution in [2.45, 2.75) is 13.1 Å². The zero-order chi connectivity index (χ0) is 17.2. The summed E-state index contributed by atoms with van der Waals surface area (Å²) in [5.74, 6) is 0.667. The van der Waals surface area contributed by atoms with E-state index in [2.05, 4.69) is 31.7 Å². The molecule has 5 nitrogen and oxygen atoms in total. The van der Waals surface area contributed by atoms with Crippen molar-refractivity contribution in [3.8, 4) is 9.88 Å². The standard InChI is InChI=1S/C18H16N4OS2/c1-22(9-12-11-25-18(19-12)15-7-4-8-24-15)10-16-20-14-6-3-2-5-13(14)17(23)21-16/h2-8,11H,9-10H2,1H3,(H,20,21,23). The number of aromatic nitrogens is 3. The lowest BCUT2D eigenvalue weighted by Crippen LogP contribution is -2.22. The third kappa shape index (κ3) is 3.53. The zero-order valence-corrected chi connectivity index (χ0v) is 15.2. The van der Waals surface area contributed by atoms with Crippen molar-refractivity contribution < 1.29 is 0 Å². The number of thiazole rings is 1. The minimum atomic E-state index is -0.0948. The van der Waals surface area contributed by atoms with Crippen LogP contribution in [-0.2, 0) is 13.1 Å². The maximum Gasteiger partial charge on any atom is 0.258 e. The quantitative estimate of drug-likeness (QED) is 0.583. The number of para-hydroxylation sites is 1. The third-order valence-corrected chi connectivity index (χ3v) is 5.73. The highest BCUT2D eigenvalue weighted by Crippen LogP contribution is 2.28. The van der Waals surface area contributed by atoms with Crippen molar-refractivity contribution >= 4 is 33.6 Å². The predicted octanol–water partition coefficient (Wildman–Crippen LogP) is 3.74. The van der Waals surface area contributed by atoms with Crippen LogP contribution in [0.3, 0.4) is 0 Å². The Kier molecular flexibility index (Phi) is 4.44. The van der Waals surface area contributed by atoms with E-state index in [-0.39, 0.29) is 5.56 Å². The highest BCUT2D eigenvalue weighted by molar-refractivity contribution is 7.20. The number of hydrogen-bond acceptors (Lipinski definition) is 6. The van der Waals surface area contributed by atoms with Gasteiger partial charge in [0.2, 0.25) is 0 Å². The van der Waals surface area contributed by atoms with Crippen molar-refractivity contribution in [3.63, 3.8) is 0 Å². The molecule has 0 aliphatic rings. The minimum absolute atomic E-state index is 0.0948. The van der Waals surface area contributed by atoms with Crippen LogP contribution < -0.4 is 5.56 Å². The van der Waals surface area contributed by atoms with Gasteiger partial charge in [0.15, 0.2) is 0 Å². The Morgan fingerprint density at radius 1 is 1.08 bits per heavy atom. The first kappa shape index (κ1) is 16.1. The fourth-order valence-electron chi connectivity index (χ4n) is 2.69. The van der Waals surface area contributed by atoms with E-state index in [0.29, 0.717) is 24.3 Å². The average molecular weight is 368 g/mol. The van der Waals surface area contributed by atoms with Gasteiger partial charge in [-0.15, -0.1) is 22.7 Å². The van der Waals surface area contributed by atoms with E-state index in [1.54, 1.807) is 28.7 Å². The van der Waals surface area contributed by atoms with Gasteiger partial charge in [0.1, 0.15) is 10.8 Å². The number of fused-ring (bicyclic) bond motifs is 1. The minimum Gasteiger partial charge on any atom is -0.309 e. The number of nitrogens with zero attached hydrogens (tertiary/aromatic N) is 3. The first-order valence-electron chi connectivity index (χ1n) is 7.84. The van der Waals surface area contributed by atoms with Gasteiger partial charge in [-0.3, -0.25) is 9.69 Å². The summed E-state index contributed by atoms with van der Waals surface area (Å²) in [5.41, 5.74) is 1.66. The van der Waals surface area contributed by atoms with Crippen molar-refractivity contribution in [2.75, 3.05) is 7.05 Å². The smallest absolute Gasteiger partial charge is 0.258 e. The third-order valence-electron chi connectivity index (χ3n) is 3.80. The number of rotatable bonds is 5. The largest absolute Gasteiger partial charge is 0.309 e. The molecule has 0 spiro atoms. The van der Waals surface area contributed by atoms with E-state index < -0.39 is 0 Å². The summed E-state index contributed by atoms with van der Waals surface area (Å²) in [4.78, 5) is 27.6. The molecule has 0 saturated heterocycles. The fourth-order valence-corrected chi connectivity index (χ4v) is 4.32. The van der Waals surface area contributed by atoms with Gasteiger partial charge < -0.3 is 4.98 Å².